The van der Waals surface area contributed by atoms with Gasteiger partial charge in [0.05, 0.1) is 29.0 Å². The van der Waals surface area contributed by atoms with E-state index in [1.165, 1.54) is 23.5 Å². The molecule has 2 aromatic carbocycles. The number of rotatable bonds is 5. The first-order chi connectivity index (χ1) is 14.9. The highest BCUT2D eigenvalue weighted by Crippen LogP contribution is 2.35. The number of morpholine rings is 1. The number of para-hydroxylation sites is 1. The molecule has 5 nitrogen and oxygen atoms in total. The lowest BCUT2D eigenvalue weighted by molar-refractivity contribution is -0.138. The summed E-state index contributed by atoms with van der Waals surface area (Å²) in [5.41, 5.74) is 0.613. The Balaban J connectivity index is 1.44. The zero-order valence-corrected chi connectivity index (χ0v) is 17.3. The van der Waals surface area contributed by atoms with Crippen LogP contribution in [0.3, 0.4) is 0 Å². The molecule has 3 aromatic rings. The molecule has 0 aliphatic carbocycles. The van der Waals surface area contributed by atoms with Crippen LogP contribution in [0.1, 0.15) is 16.1 Å². The average molecular weight is 447 g/mol. The SMILES string of the molecule is O=C(C=Cc1nc2ccccc2s1)NCc1ccc(N2CCOCC2)cc1C(F)(F)F. The fourth-order valence-electron chi connectivity index (χ4n) is 3.35. The zero-order valence-electron chi connectivity index (χ0n) is 16.5. The molecule has 1 amide bonds. The van der Waals surface area contributed by atoms with Crippen LogP contribution in [0.15, 0.2) is 48.5 Å². The molecule has 1 N–H and O–H groups in total. The number of alkyl halides is 3. The number of hydrogen-bond donors (Lipinski definition) is 1. The number of benzene rings is 2. The maximum absolute atomic E-state index is 13.6. The number of hydrogen-bond acceptors (Lipinski definition) is 5. The number of nitrogens with zero attached hydrogens (tertiary/aromatic N) is 2. The van der Waals surface area contributed by atoms with Crippen LogP contribution >= 0.6 is 11.3 Å². The number of thiazole rings is 1. The molecule has 1 aliphatic rings. The molecular formula is C22H20F3N3O2S. The van der Waals surface area contributed by atoms with Crippen molar-refractivity contribution in [3.63, 3.8) is 0 Å². The normalized spacial score (nSPS) is 15.0. The number of anilines is 1. The van der Waals surface area contributed by atoms with Crippen LogP contribution in [0.25, 0.3) is 16.3 Å². The van der Waals surface area contributed by atoms with E-state index in [1.54, 1.807) is 12.1 Å². The quantitative estimate of drug-likeness (QED) is 0.586. The fourth-order valence-corrected chi connectivity index (χ4v) is 4.22. The Bertz CT molecular complexity index is 1070. The fraction of sp³-hybridized carbons (Fsp3) is 0.273. The molecule has 0 unspecified atom stereocenters. The van der Waals surface area contributed by atoms with E-state index < -0.39 is 17.6 Å². The molecule has 31 heavy (non-hydrogen) atoms. The first-order valence-corrected chi connectivity index (χ1v) is 10.6. The first-order valence-electron chi connectivity index (χ1n) is 9.74. The van der Waals surface area contributed by atoms with Crippen molar-refractivity contribution in [2.75, 3.05) is 31.2 Å². The van der Waals surface area contributed by atoms with Gasteiger partial charge in [0.2, 0.25) is 5.91 Å². The Morgan fingerprint density at radius 2 is 1.97 bits per heavy atom. The third-order valence-corrected chi connectivity index (χ3v) is 5.92. The molecule has 9 heteroatoms. The van der Waals surface area contributed by atoms with E-state index in [2.05, 4.69) is 10.3 Å². The lowest BCUT2D eigenvalue weighted by Gasteiger charge is -2.29. The molecule has 162 valence electrons. The Morgan fingerprint density at radius 1 is 1.19 bits per heavy atom. The predicted molar refractivity (Wildman–Crippen MR) is 115 cm³/mol. The minimum Gasteiger partial charge on any atom is -0.378 e. The number of fused-ring (bicyclic) bond motifs is 1. The van der Waals surface area contributed by atoms with Gasteiger partial charge < -0.3 is 15.0 Å². The molecule has 0 saturated carbocycles. The van der Waals surface area contributed by atoms with Gasteiger partial charge in [0.1, 0.15) is 5.01 Å². The summed E-state index contributed by atoms with van der Waals surface area (Å²) in [4.78, 5) is 18.4. The van der Waals surface area contributed by atoms with Crippen molar-refractivity contribution in [1.29, 1.82) is 0 Å². The van der Waals surface area contributed by atoms with Gasteiger partial charge in [-0.3, -0.25) is 4.79 Å². The van der Waals surface area contributed by atoms with Crippen molar-refractivity contribution in [2.24, 2.45) is 0 Å². The highest BCUT2D eigenvalue weighted by atomic mass is 32.1. The Hall–Kier alpha value is -2.91. The molecule has 0 bridgehead atoms. The standard InChI is InChI=1S/C22H20F3N3O2S/c23-22(24,25)17-13-16(28-9-11-30-12-10-28)6-5-15(17)14-26-20(29)7-8-21-27-18-3-1-2-4-19(18)31-21/h1-8,13H,9-12,14H2,(H,26,29). The summed E-state index contributed by atoms with van der Waals surface area (Å²) in [5, 5.41) is 3.19. The van der Waals surface area contributed by atoms with Crippen LogP contribution in [0, 0.1) is 0 Å². The number of carbonyl (C=O) groups is 1. The van der Waals surface area contributed by atoms with E-state index in [4.69, 9.17) is 4.74 Å². The van der Waals surface area contributed by atoms with E-state index in [-0.39, 0.29) is 12.1 Å². The minimum atomic E-state index is -4.51. The maximum Gasteiger partial charge on any atom is 0.416 e. The van der Waals surface area contributed by atoms with E-state index in [1.807, 2.05) is 29.2 Å². The van der Waals surface area contributed by atoms with Gasteiger partial charge in [-0.05, 0) is 35.9 Å². The van der Waals surface area contributed by atoms with E-state index >= 15 is 0 Å². The summed E-state index contributed by atoms with van der Waals surface area (Å²) in [6.45, 7) is 1.84. The molecule has 1 aromatic heterocycles. The van der Waals surface area contributed by atoms with Crippen LogP contribution < -0.4 is 10.2 Å². The Kier molecular flexibility index (Phi) is 6.24. The van der Waals surface area contributed by atoms with Gasteiger partial charge in [-0.25, -0.2) is 4.98 Å². The molecule has 0 atom stereocenters. The number of ether oxygens (including phenoxy) is 1. The van der Waals surface area contributed by atoms with Crippen molar-refractivity contribution in [3.05, 3.63) is 64.7 Å². The lowest BCUT2D eigenvalue weighted by Crippen LogP contribution is -2.36. The molecule has 4 rings (SSSR count). The lowest BCUT2D eigenvalue weighted by atomic mass is 10.0. The van der Waals surface area contributed by atoms with Gasteiger partial charge in [0.25, 0.3) is 0 Å². The topological polar surface area (TPSA) is 54.5 Å². The highest BCUT2D eigenvalue weighted by Gasteiger charge is 2.34. The molecule has 1 fully saturated rings. The number of carbonyl (C=O) groups excluding carboxylic acids is 1. The largest absolute Gasteiger partial charge is 0.416 e. The third-order valence-electron chi connectivity index (χ3n) is 4.92. The summed E-state index contributed by atoms with van der Waals surface area (Å²) < 4.78 is 47.1. The summed E-state index contributed by atoms with van der Waals surface area (Å²) in [5.74, 6) is -0.482. The molecule has 0 radical (unpaired) electrons. The third kappa shape index (κ3) is 5.23. The van der Waals surface area contributed by atoms with Crippen LogP contribution in [0.2, 0.25) is 0 Å². The molecular weight excluding hydrogens is 427 g/mol. The number of amides is 1. The van der Waals surface area contributed by atoms with E-state index in [0.717, 1.165) is 16.3 Å². The summed E-state index contributed by atoms with van der Waals surface area (Å²) in [7, 11) is 0. The molecule has 1 aliphatic heterocycles. The van der Waals surface area contributed by atoms with Gasteiger partial charge in [-0.2, -0.15) is 13.2 Å². The average Bonchev–Trinajstić information content (AvgIpc) is 3.19. The Morgan fingerprint density at radius 3 is 2.71 bits per heavy atom. The van der Waals surface area contributed by atoms with Crippen LogP contribution in [-0.2, 0) is 22.3 Å². The maximum atomic E-state index is 13.6. The van der Waals surface area contributed by atoms with Crippen molar-refractivity contribution >= 4 is 39.2 Å². The smallest absolute Gasteiger partial charge is 0.378 e. The van der Waals surface area contributed by atoms with Gasteiger partial charge in [0, 0.05) is 31.4 Å². The first kappa shape index (κ1) is 21.3. The van der Waals surface area contributed by atoms with Gasteiger partial charge >= 0.3 is 6.18 Å². The van der Waals surface area contributed by atoms with Crippen LogP contribution in [-0.4, -0.2) is 37.2 Å². The summed E-state index contributed by atoms with van der Waals surface area (Å²) in [6.07, 6.45) is -1.67. The van der Waals surface area contributed by atoms with E-state index in [0.29, 0.717) is 37.0 Å². The molecule has 1 saturated heterocycles. The summed E-state index contributed by atoms with van der Waals surface area (Å²) >= 11 is 1.43. The monoisotopic (exact) mass is 447 g/mol. The second-order valence-electron chi connectivity index (χ2n) is 7.01. The Labute approximate surface area is 181 Å². The van der Waals surface area contributed by atoms with Gasteiger partial charge in [0.15, 0.2) is 0 Å². The van der Waals surface area contributed by atoms with Crippen LogP contribution in [0.4, 0.5) is 18.9 Å². The number of halogens is 3. The predicted octanol–water partition coefficient (Wildman–Crippen LogP) is 4.48. The highest BCUT2D eigenvalue weighted by molar-refractivity contribution is 7.19. The van der Waals surface area contributed by atoms with E-state index in [9.17, 15) is 18.0 Å². The van der Waals surface area contributed by atoms with Crippen molar-refractivity contribution < 1.29 is 22.7 Å². The second-order valence-corrected chi connectivity index (χ2v) is 8.07. The number of aromatic nitrogens is 1. The van der Waals surface area contributed by atoms with Crippen molar-refractivity contribution in [1.82, 2.24) is 10.3 Å². The van der Waals surface area contributed by atoms with Crippen LogP contribution in [0.5, 0.6) is 0 Å². The van der Waals surface area contributed by atoms with Gasteiger partial charge in [-0.15, -0.1) is 11.3 Å². The second kappa shape index (κ2) is 9.07. The minimum absolute atomic E-state index is 0.0197. The number of nitrogens with one attached hydrogen (secondary N) is 1. The molecule has 2 heterocycles. The molecule has 0 spiro atoms. The van der Waals surface area contributed by atoms with Crippen molar-refractivity contribution in [2.45, 2.75) is 12.7 Å². The zero-order chi connectivity index (χ0) is 21.8. The van der Waals surface area contributed by atoms with Crippen molar-refractivity contribution in [3.8, 4) is 0 Å². The summed E-state index contributed by atoms with van der Waals surface area (Å²) in [6, 6.07) is 11.8. The van der Waals surface area contributed by atoms with Gasteiger partial charge in [-0.1, -0.05) is 18.2 Å².